The lowest BCUT2D eigenvalue weighted by molar-refractivity contribution is -0.137. The van der Waals surface area contributed by atoms with Crippen LogP contribution in [-0.2, 0) is 22.2 Å². The van der Waals surface area contributed by atoms with Gasteiger partial charge in [0.1, 0.15) is 11.9 Å². The van der Waals surface area contributed by atoms with Crippen molar-refractivity contribution in [2.75, 3.05) is 28.6 Å². The normalized spacial score (nSPS) is 17.8. The Kier molecular flexibility index (Phi) is 8.21. The van der Waals surface area contributed by atoms with Gasteiger partial charge in [-0.1, -0.05) is 30.4 Å². The number of amides is 2. The third-order valence-corrected chi connectivity index (χ3v) is 7.16. The Morgan fingerprint density at radius 2 is 1.76 bits per heavy atom. The highest BCUT2D eigenvalue weighted by atomic mass is 19.4. The van der Waals surface area contributed by atoms with Crippen molar-refractivity contribution < 1.29 is 27.9 Å². The Morgan fingerprint density at radius 1 is 1.02 bits per heavy atom. The van der Waals surface area contributed by atoms with Crippen molar-refractivity contribution in [1.29, 1.82) is 0 Å². The molecular formula is C31H29F3N4O3. The van der Waals surface area contributed by atoms with Crippen LogP contribution in [0.1, 0.15) is 41.5 Å². The van der Waals surface area contributed by atoms with Crippen molar-refractivity contribution in [3.8, 4) is 0 Å². The van der Waals surface area contributed by atoms with E-state index in [2.05, 4.69) is 20.5 Å². The van der Waals surface area contributed by atoms with Gasteiger partial charge in [0.25, 0.3) is 5.91 Å². The summed E-state index contributed by atoms with van der Waals surface area (Å²) in [6.45, 7) is 1.86. The third kappa shape index (κ3) is 6.66. The first kappa shape index (κ1) is 28.1. The molecule has 1 saturated heterocycles. The molecule has 1 unspecified atom stereocenters. The predicted molar refractivity (Wildman–Crippen MR) is 151 cm³/mol. The zero-order valence-corrected chi connectivity index (χ0v) is 22.1. The summed E-state index contributed by atoms with van der Waals surface area (Å²) >= 11 is 0. The predicted octanol–water partition coefficient (Wildman–Crippen LogP) is 5.57. The number of rotatable bonds is 6. The fraction of sp³-hybridized carbons (Fsp3) is 0.258. The SMILES string of the molecule is O=C(/C=C/C=C(\c1ccc(C(F)(F)F)cc1)c1ccc(N2CCCCC2)nc1)Nc1cccc2c1CC(O)C(=O)N2. The molecule has 41 heavy (non-hydrogen) atoms. The molecule has 10 heteroatoms. The van der Waals surface area contributed by atoms with Gasteiger partial charge in [0.05, 0.1) is 5.56 Å². The second kappa shape index (κ2) is 12.0. The second-order valence-electron chi connectivity index (χ2n) is 10.00. The fourth-order valence-electron chi connectivity index (χ4n) is 5.00. The van der Waals surface area contributed by atoms with E-state index in [0.717, 1.165) is 43.9 Å². The maximum atomic E-state index is 13.2. The van der Waals surface area contributed by atoms with Crippen LogP contribution >= 0.6 is 0 Å². The highest BCUT2D eigenvalue weighted by Crippen LogP contribution is 2.32. The molecule has 7 nitrogen and oxygen atoms in total. The highest BCUT2D eigenvalue weighted by molar-refractivity contribution is 6.03. The van der Waals surface area contributed by atoms with Crippen LogP contribution in [0.2, 0.25) is 0 Å². The Labute approximate surface area is 235 Å². The average Bonchev–Trinajstić information content (AvgIpc) is 2.97. The number of benzene rings is 2. The lowest BCUT2D eigenvalue weighted by atomic mass is 9.97. The maximum Gasteiger partial charge on any atom is 0.416 e. The summed E-state index contributed by atoms with van der Waals surface area (Å²) in [5.74, 6) is -0.103. The van der Waals surface area contributed by atoms with Gasteiger partial charge in [0.15, 0.2) is 0 Å². The zero-order chi connectivity index (χ0) is 29.0. The second-order valence-corrected chi connectivity index (χ2v) is 10.00. The van der Waals surface area contributed by atoms with Crippen molar-refractivity contribution in [1.82, 2.24) is 4.98 Å². The van der Waals surface area contributed by atoms with E-state index < -0.39 is 29.7 Å². The molecule has 1 atom stereocenters. The molecule has 0 saturated carbocycles. The summed E-state index contributed by atoms with van der Waals surface area (Å²) < 4.78 is 39.5. The molecule has 3 heterocycles. The van der Waals surface area contributed by atoms with Crippen molar-refractivity contribution in [2.45, 2.75) is 38.0 Å². The van der Waals surface area contributed by atoms with E-state index in [1.165, 1.54) is 30.7 Å². The zero-order valence-electron chi connectivity index (χ0n) is 22.1. The Hall–Kier alpha value is -4.44. The molecule has 1 fully saturated rings. The molecule has 2 aliphatic rings. The first-order chi connectivity index (χ1) is 19.7. The summed E-state index contributed by atoms with van der Waals surface area (Å²) in [5, 5.41) is 15.3. The van der Waals surface area contributed by atoms with Crippen LogP contribution in [0.25, 0.3) is 5.57 Å². The minimum absolute atomic E-state index is 0.0692. The number of fused-ring (bicyclic) bond motifs is 1. The molecule has 3 N–H and O–H groups in total. The lowest BCUT2D eigenvalue weighted by Crippen LogP contribution is -2.34. The summed E-state index contributed by atoms with van der Waals surface area (Å²) in [5.41, 5.74) is 2.68. The number of nitrogens with one attached hydrogen (secondary N) is 2. The van der Waals surface area contributed by atoms with Crippen LogP contribution in [0.3, 0.4) is 0 Å². The van der Waals surface area contributed by atoms with Crippen LogP contribution in [0.4, 0.5) is 30.4 Å². The number of aliphatic hydroxyl groups excluding tert-OH is 1. The minimum atomic E-state index is -4.45. The van der Waals surface area contributed by atoms with Gasteiger partial charge < -0.3 is 20.6 Å². The summed E-state index contributed by atoms with van der Waals surface area (Å²) in [6, 6.07) is 13.7. The van der Waals surface area contributed by atoms with Crippen LogP contribution in [0, 0.1) is 0 Å². The standard InChI is InChI=1S/C31H29F3N4O3/c32-31(33,34)22-13-10-20(11-14-22)23(21-12-15-28(35-19-21)38-16-2-1-3-17-38)6-4-9-29(40)36-25-7-5-8-26-24(25)18-27(39)30(41)37-26/h4-15,19,27,39H,1-3,16-18H2,(H,36,40)(H,37,41)/b9-4+,23-6+. The highest BCUT2D eigenvalue weighted by Gasteiger charge is 2.30. The average molecular weight is 563 g/mol. The Morgan fingerprint density at radius 3 is 2.44 bits per heavy atom. The van der Waals surface area contributed by atoms with Gasteiger partial charge in [-0.05, 0) is 66.8 Å². The van der Waals surface area contributed by atoms with E-state index in [1.807, 2.05) is 12.1 Å². The van der Waals surface area contributed by atoms with E-state index in [0.29, 0.717) is 33.6 Å². The number of anilines is 3. The first-order valence-corrected chi connectivity index (χ1v) is 13.4. The largest absolute Gasteiger partial charge is 0.416 e. The number of piperidine rings is 1. The van der Waals surface area contributed by atoms with Crippen LogP contribution in [0.5, 0.6) is 0 Å². The van der Waals surface area contributed by atoms with Crippen molar-refractivity contribution in [3.05, 3.63) is 101 Å². The quantitative estimate of drug-likeness (QED) is 0.270. The number of pyridine rings is 1. The number of hydrogen-bond donors (Lipinski definition) is 3. The molecule has 0 aliphatic carbocycles. The molecule has 1 aromatic heterocycles. The molecule has 2 aromatic carbocycles. The number of halogens is 3. The van der Waals surface area contributed by atoms with Gasteiger partial charge in [0, 0.05) is 54.3 Å². The van der Waals surface area contributed by atoms with E-state index in [9.17, 15) is 27.9 Å². The molecule has 0 bridgehead atoms. The van der Waals surface area contributed by atoms with E-state index in [4.69, 9.17) is 0 Å². The van der Waals surface area contributed by atoms with E-state index in [1.54, 1.807) is 30.5 Å². The molecule has 2 aliphatic heterocycles. The monoisotopic (exact) mass is 562 g/mol. The topological polar surface area (TPSA) is 94.6 Å². The van der Waals surface area contributed by atoms with Crippen LogP contribution in [-0.4, -0.2) is 41.1 Å². The summed E-state index contributed by atoms with van der Waals surface area (Å²) in [4.78, 5) is 31.3. The maximum absolute atomic E-state index is 13.2. The van der Waals surface area contributed by atoms with Crippen LogP contribution in [0.15, 0.2) is 79.0 Å². The van der Waals surface area contributed by atoms with Crippen LogP contribution < -0.4 is 15.5 Å². The van der Waals surface area contributed by atoms with Gasteiger partial charge in [-0.3, -0.25) is 9.59 Å². The molecule has 5 rings (SSSR count). The van der Waals surface area contributed by atoms with Crippen molar-refractivity contribution in [3.63, 3.8) is 0 Å². The van der Waals surface area contributed by atoms with Gasteiger partial charge in [-0.2, -0.15) is 13.2 Å². The third-order valence-electron chi connectivity index (χ3n) is 7.16. The van der Waals surface area contributed by atoms with E-state index >= 15 is 0 Å². The van der Waals surface area contributed by atoms with Gasteiger partial charge in [-0.15, -0.1) is 0 Å². The summed E-state index contributed by atoms with van der Waals surface area (Å²) in [6.07, 6.45) is 3.99. The molecule has 0 spiro atoms. The molecule has 212 valence electrons. The smallest absolute Gasteiger partial charge is 0.383 e. The van der Waals surface area contributed by atoms with Gasteiger partial charge in [-0.25, -0.2) is 4.98 Å². The minimum Gasteiger partial charge on any atom is -0.383 e. The fourth-order valence-corrected chi connectivity index (χ4v) is 5.00. The number of aliphatic hydroxyl groups is 1. The Balaban J connectivity index is 1.39. The Bertz CT molecular complexity index is 1480. The van der Waals surface area contributed by atoms with Gasteiger partial charge >= 0.3 is 6.18 Å². The number of hydrogen-bond acceptors (Lipinski definition) is 5. The number of alkyl halides is 3. The number of allylic oxidation sites excluding steroid dienone is 2. The summed E-state index contributed by atoms with van der Waals surface area (Å²) in [7, 11) is 0. The molecule has 3 aromatic rings. The number of carbonyl (C=O) groups excluding carboxylic acids is 2. The van der Waals surface area contributed by atoms with E-state index in [-0.39, 0.29) is 6.42 Å². The molecular weight excluding hydrogens is 533 g/mol. The number of aromatic nitrogens is 1. The molecule has 0 radical (unpaired) electrons. The van der Waals surface area contributed by atoms with Crippen molar-refractivity contribution >= 4 is 34.6 Å². The number of carbonyl (C=O) groups is 2. The van der Waals surface area contributed by atoms with Crippen molar-refractivity contribution in [2.24, 2.45) is 0 Å². The lowest BCUT2D eigenvalue weighted by Gasteiger charge is -2.27. The van der Waals surface area contributed by atoms with Gasteiger partial charge in [0.2, 0.25) is 5.91 Å². The number of nitrogens with zero attached hydrogens (tertiary/aromatic N) is 2. The molecule has 2 amide bonds. The first-order valence-electron chi connectivity index (χ1n) is 13.4.